The number of nitro benzene ring substituents is 1. The van der Waals surface area contributed by atoms with Crippen LogP contribution in [-0.2, 0) is 6.42 Å². The van der Waals surface area contributed by atoms with E-state index in [2.05, 4.69) is 0 Å². The number of fused-ring (bicyclic) bond motifs is 1. The summed E-state index contributed by atoms with van der Waals surface area (Å²) in [5.74, 6) is 0.00274. The molecule has 0 saturated carbocycles. The van der Waals surface area contributed by atoms with Crippen molar-refractivity contribution in [1.29, 1.82) is 0 Å². The molecule has 26 heavy (non-hydrogen) atoms. The van der Waals surface area contributed by atoms with Crippen molar-refractivity contribution in [2.24, 2.45) is 0 Å². The first-order valence-corrected chi connectivity index (χ1v) is 8.88. The molecule has 0 atom stereocenters. The zero-order valence-electron chi connectivity index (χ0n) is 13.9. The predicted octanol–water partition coefficient (Wildman–Crippen LogP) is 6.22. The van der Waals surface area contributed by atoms with Gasteiger partial charge >= 0.3 is 0 Å². The van der Waals surface area contributed by atoms with Crippen molar-refractivity contribution in [3.63, 3.8) is 0 Å². The Morgan fingerprint density at radius 2 is 1.88 bits per heavy atom. The Kier molecular flexibility index (Phi) is 5.30. The molecule has 134 valence electrons. The molecule has 3 rings (SSSR count). The first-order chi connectivity index (χ1) is 12.5. The molecule has 0 saturated heterocycles. The van der Waals surface area contributed by atoms with E-state index in [9.17, 15) is 14.9 Å². The lowest BCUT2D eigenvalue weighted by molar-refractivity contribution is -0.382. The molecule has 0 bridgehead atoms. The van der Waals surface area contributed by atoms with Crippen molar-refractivity contribution in [1.82, 2.24) is 0 Å². The minimum Gasteiger partial charge on any atom is -0.460 e. The van der Waals surface area contributed by atoms with Crippen LogP contribution in [0.15, 0.2) is 40.8 Å². The zero-order chi connectivity index (χ0) is 18.8. The minimum absolute atomic E-state index is 0.0430. The van der Waals surface area contributed by atoms with E-state index in [-0.39, 0.29) is 37.8 Å². The summed E-state index contributed by atoms with van der Waals surface area (Å²) in [5, 5.41) is 11.9. The van der Waals surface area contributed by atoms with Gasteiger partial charge in [-0.05, 0) is 30.7 Å². The number of hydrogen-bond donors (Lipinski definition) is 0. The number of rotatable bonds is 6. The normalized spacial score (nSPS) is 11.0. The van der Waals surface area contributed by atoms with E-state index in [0.717, 1.165) is 12.8 Å². The third-order valence-electron chi connectivity index (χ3n) is 4.14. The number of nitro groups is 1. The highest BCUT2D eigenvalue weighted by molar-refractivity contribution is 6.37. The fourth-order valence-electron chi connectivity index (χ4n) is 2.91. The van der Waals surface area contributed by atoms with Gasteiger partial charge in [0, 0.05) is 12.0 Å². The molecule has 0 fully saturated rings. The van der Waals surface area contributed by atoms with Crippen LogP contribution in [0.1, 0.15) is 41.4 Å². The Morgan fingerprint density at radius 3 is 2.54 bits per heavy atom. The number of carbonyl (C=O) groups excluding carboxylic acids is 1. The fraction of sp³-hybridized carbons (Fsp3) is 0.211. The number of ketones is 1. The van der Waals surface area contributed by atoms with Gasteiger partial charge in [-0.1, -0.05) is 48.7 Å². The van der Waals surface area contributed by atoms with Crippen molar-refractivity contribution >= 4 is 45.6 Å². The lowest BCUT2D eigenvalue weighted by atomic mass is 9.97. The van der Waals surface area contributed by atoms with Crippen molar-refractivity contribution < 1.29 is 14.1 Å². The number of furan rings is 1. The molecule has 0 spiro atoms. The zero-order valence-corrected chi connectivity index (χ0v) is 15.4. The minimum atomic E-state index is -0.590. The van der Waals surface area contributed by atoms with E-state index >= 15 is 0 Å². The van der Waals surface area contributed by atoms with Crippen LogP contribution in [0.4, 0.5) is 5.69 Å². The van der Waals surface area contributed by atoms with E-state index in [4.69, 9.17) is 27.6 Å². The molecule has 1 aromatic heterocycles. The summed E-state index contributed by atoms with van der Waals surface area (Å²) in [4.78, 5) is 24.2. The van der Waals surface area contributed by atoms with Crippen LogP contribution in [-0.4, -0.2) is 10.7 Å². The second-order valence-electron chi connectivity index (χ2n) is 5.84. The van der Waals surface area contributed by atoms with Crippen molar-refractivity contribution in [2.45, 2.75) is 26.2 Å². The molecular weight excluding hydrogens is 377 g/mol. The van der Waals surface area contributed by atoms with Gasteiger partial charge in [-0.15, -0.1) is 0 Å². The van der Waals surface area contributed by atoms with E-state index in [0.29, 0.717) is 12.2 Å². The molecule has 5 nitrogen and oxygen atoms in total. The van der Waals surface area contributed by atoms with E-state index in [1.807, 2.05) is 6.92 Å². The van der Waals surface area contributed by atoms with Gasteiger partial charge in [-0.25, -0.2) is 0 Å². The van der Waals surface area contributed by atoms with Gasteiger partial charge in [0.05, 0.1) is 15.5 Å². The highest BCUT2D eigenvalue weighted by Crippen LogP contribution is 2.40. The highest BCUT2D eigenvalue weighted by Gasteiger charge is 2.30. The Bertz CT molecular complexity index is 1010. The number of nitrogens with zero attached hydrogens (tertiary/aromatic N) is 1. The van der Waals surface area contributed by atoms with Crippen molar-refractivity contribution in [2.75, 3.05) is 0 Å². The molecule has 0 aliphatic heterocycles. The number of carbonyl (C=O) groups is 1. The van der Waals surface area contributed by atoms with Crippen LogP contribution in [0.2, 0.25) is 10.0 Å². The van der Waals surface area contributed by atoms with Crippen LogP contribution in [0.5, 0.6) is 0 Å². The SMILES string of the molecule is CCCCc1oc2ccc(Cl)c([N+](=O)[O-])c2c1C(=O)c1ccccc1Cl. The van der Waals surface area contributed by atoms with E-state index in [1.165, 1.54) is 6.07 Å². The van der Waals surface area contributed by atoms with Crippen molar-refractivity contribution in [3.8, 4) is 0 Å². The van der Waals surface area contributed by atoms with Gasteiger partial charge in [0.25, 0.3) is 5.69 Å². The maximum atomic E-state index is 13.2. The Morgan fingerprint density at radius 1 is 1.15 bits per heavy atom. The summed E-state index contributed by atoms with van der Waals surface area (Å²) in [6.45, 7) is 2.01. The summed E-state index contributed by atoms with van der Waals surface area (Å²) >= 11 is 12.2. The first kappa shape index (κ1) is 18.4. The third kappa shape index (κ3) is 3.20. The number of halogens is 2. The molecule has 0 amide bonds. The van der Waals surface area contributed by atoms with Crippen molar-refractivity contribution in [3.05, 3.63) is 73.4 Å². The largest absolute Gasteiger partial charge is 0.460 e. The first-order valence-electron chi connectivity index (χ1n) is 8.13. The molecule has 3 aromatic rings. The topological polar surface area (TPSA) is 73.3 Å². The summed E-state index contributed by atoms with van der Waals surface area (Å²) in [7, 11) is 0. The van der Waals surface area contributed by atoms with Crippen LogP contribution in [0.25, 0.3) is 11.0 Å². The van der Waals surface area contributed by atoms with Crippen LogP contribution >= 0.6 is 23.2 Å². The molecule has 7 heteroatoms. The number of aryl methyl sites for hydroxylation is 1. The Labute approximate surface area is 159 Å². The smallest absolute Gasteiger partial charge is 0.299 e. The lowest BCUT2D eigenvalue weighted by Crippen LogP contribution is -2.06. The maximum Gasteiger partial charge on any atom is 0.299 e. The average Bonchev–Trinajstić information content (AvgIpc) is 2.97. The average molecular weight is 392 g/mol. The van der Waals surface area contributed by atoms with E-state index < -0.39 is 10.7 Å². The van der Waals surface area contributed by atoms with Gasteiger partial charge in [0.2, 0.25) is 0 Å². The molecule has 0 aliphatic carbocycles. The molecule has 0 aliphatic rings. The van der Waals surface area contributed by atoms with Gasteiger partial charge < -0.3 is 4.42 Å². The Hall–Kier alpha value is -2.37. The predicted molar refractivity (Wildman–Crippen MR) is 101 cm³/mol. The summed E-state index contributed by atoms with van der Waals surface area (Å²) in [6, 6.07) is 9.54. The van der Waals surface area contributed by atoms with Crippen LogP contribution in [0, 0.1) is 10.1 Å². The summed E-state index contributed by atoms with van der Waals surface area (Å²) < 4.78 is 5.80. The van der Waals surface area contributed by atoms with Crippen LogP contribution < -0.4 is 0 Å². The van der Waals surface area contributed by atoms with Gasteiger partial charge in [-0.2, -0.15) is 0 Å². The number of hydrogen-bond acceptors (Lipinski definition) is 4. The van der Waals surface area contributed by atoms with Gasteiger partial charge in [0.15, 0.2) is 5.78 Å². The standard InChI is InChI=1S/C19H15Cl2NO4/c1-2-3-8-14-17(19(23)11-6-4-5-7-12(11)20)16-15(26-14)10-9-13(21)18(16)22(24)25/h4-7,9-10H,2-3,8H2,1H3. The van der Waals surface area contributed by atoms with E-state index in [1.54, 1.807) is 30.3 Å². The summed E-state index contributed by atoms with van der Waals surface area (Å²) in [5.41, 5.74) is 0.369. The molecule has 2 aromatic carbocycles. The highest BCUT2D eigenvalue weighted by atomic mass is 35.5. The number of benzene rings is 2. The third-order valence-corrected chi connectivity index (χ3v) is 4.77. The maximum absolute atomic E-state index is 13.2. The molecule has 0 radical (unpaired) electrons. The fourth-order valence-corrected chi connectivity index (χ4v) is 3.36. The number of unbranched alkanes of at least 4 members (excludes halogenated alkanes) is 1. The van der Waals surface area contributed by atoms with Crippen LogP contribution in [0.3, 0.4) is 0 Å². The molecule has 1 heterocycles. The molecule has 0 N–H and O–H groups in total. The van der Waals surface area contributed by atoms with Gasteiger partial charge in [0.1, 0.15) is 21.8 Å². The second-order valence-corrected chi connectivity index (χ2v) is 6.65. The molecule has 0 unspecified atom stereocenters. The molecular formula is C19H15Cl2NO4. The quantitative estimate of drug-likeness (QED) is 0.284. The van der Waals surface area contributed by atoms with Gasteiger partial charge in [-0.3, -0.25) is 14.9 Å². The second kappa shape index (κ2) is 7.48. The monoisotopic (exact) mass is 391 g/mol. The Balaban J connectivity index is 2.33. The lowest BCUT2D eigenvalue weighted by Gasteiger charge is -2.05. The summed E-state index contributed by atoms with van der Waals surface area (Å²) in [6.07, 6.45) is 2.16.